The number of nitrogens with zero attached hydrogens (tertiary/aromatic N) is 6. The van der Waals surface area contributed by atoms with Crippen LogP contribution >= 0.6 is 0 Å². The molecule has 0 atom stereocenters. The van der Waals surface area contributed by atoms with Gasteiger partial charge in [0.2, 0.25) is 11.8 Å². The number of benzene rings is 3. The lowest BCUT2D eigenvalue weighted by atomic mass is 9.85. The summed E-state index contributed by atoms with van der Waals surface area (Å²) in [7, 11) is 0. The maximum absolute atomic E-state index is 13.2. The van der Waals surface area contributed by atoms with Crippen molar-refractivity contribution in [2.75, 3.05) is 10.2 Å². The van der Waals surface area contributed by atoms with E-state index in [1.165, 1.54) is 0 Å². The molecule has 9 nitrogen and oxygen atoms in total. The Bertz CT molecular complexity index is 1660. The Kier molecular flexibility index (Phi) is 5.68. The highest BCUT2D eigenvalue weighted by Gasteiger charge is 2.29. The summed E-state index contributed by atoms with van der Waals surface area (Å²) in [6.45, 7) is 4.22. The lowest BCUT2D eigenvalue weighted by Gasteiger charge is -2.24. The first-order valence-corrected chi connectivity index (χ1v) is 12.3. The minimum Gasteiger partial charge on any atom is -0.323 e. The first-order valence-electron chi connectivity index (χ1n) is 12.3. The highest BCUT2D eigenvalue weighted by atomic mass is 16.2. The number of carbonyl (C=O) groups excluding carboxylic acids is 2. The normalized spacial score (nSPS) is 13.8. The molecule has 5 aromatic rings. The summed E-state index contributed by atoms with van der Waals surface area (Å²) in [5.74, 6) is 0.0657. The minimum atomic E-state index is -0.333. The van der Waals surface area contributed by atoms with Gasteiger partial charge in [-0.2, -0.15) is 4.68 Å². The summed E-state index contributed by atoms with van der Waals surface area (Å²) in [6.07, 6.45) is 2.12. The smallest absolute Gasteiger partial charge is 0.241 e. The third-order valence-electron chi connectivity index (χ3n) is 6.82. The van der Waals surface area contributed by atoms with Crippen LogP contribution in [-0.4, -0.2) is 37.0 Å². The van der Waals surface area contributed by atoms with Gasteiger partial charge < -0.3 is 5.32 Å². The number of hydrogen-bond donors (Lipinski definition) is 1. The van der Waals surface area contributed by atoms with E-state index in [1.807, 2.05) is 78.9 Å². The van der Waals surface area contributed by atoms with Crippen molar-refractivity contribution in [3.05, 3.63) is 96.6 Å². The molecule has 0 radical (unpaired) electrons. The number of pyridine rings is 1. The number of carbonyl (C=O) groups is 2. The largest absolute Gasteiger partial charge is 0.323 e. The summed E-state index contributed by atoms with van der Waals surface area (Å²) in [5.41, 5.74) is 3.35. The Morgan fingerprint density at radius 2 is 1.66 bits per heavy atom. The van der Waals surface area contributed by atoms with Crippen molar-refractivity contribution < 1.29 is 9.59 Å². The van der Waals surface area contributed by atoms with Crippen molar-refractivity contribution in [2.45, 2.75) is 32.1 Å². The van der Waals surface area contributed by atoms with Crippen molar-refractivity contribution in [2.24, 2.45) is 0 Å². The SMILES string of the molecule is CC(C)(Cc1nnnn1-c1ccc(N2C(=O)CC(=O)Nc3c2ccc2ccccc32)cc1)c1ccccn1. The molecule has 0 bridgehead atoms. The summed E-state index contributed by atoms with van der Waals surface area (Å²) < 4.78 is 1.70. The van der Waals surface area contributed by atoms with Crippen molar-refractivity contribution >= 4 is 39.6 Å². The molecular weight excluding hydrogens is 478 g/mol. The van der Waals surface area contributed by atoms with Crippen LogP contribution in [0.4, 0.5) is 17.1 Å². The van der Waals surface area contributed by atoms with Crippen LogP contribution in [0, 0.1) is 0 Å². The molecule has 188 valence electrons. The third kappa shape index (κ3) is 4.17. The molecule has 0 saturated heterocycles. The van der Waals surface area contributed by atoms with Gasteiger partial charge in [-0.3, -0.25) is 19.5 Å². The first kappa shape index (κ1) is 23.5. The Balaban J connectivity index is 1.35. The molecule has 2 aromatic heterocycles. The van der Waals surface area contributed by atoms with Gasteiger partial charge in [-0.05, 0) is 58.3 Å². The quantitative estimate of drug-likeness (QED) is 0.347. The number of tetrazole rings is 1. The van der Waals surface area contributed by atoms with Crippen LogP contribution in [0.3, 0.4) is 0 Å². The van der Waals surface area contributed by atoms with E-state index in [1.54, 1.807) is 15.8 Å². The van der Waals surface area contributed by atoms with Crippen molar-refractivity contribution in [3.63, 3.8) is 0 Å². The van der Waals surface area contributed by atoms with E-state index >= 15 is 0 Å². The maximum Gasteiger partial charge on any atom is 0.241 e. The number of hydrogen-bond acceptors (Lipinski definition) is 6. The average molecular weight is 504 g/mol. The molecule has 1 aliphatic heterocycles. The van der Waals surface area contributed by atoms with Crippen LogP contribution in [0.15, 0.2) is 85.1 Å². The predicted octanol–water partition coefficient (Wildman–Crippen LogP) is 4.74. The van der Waals surface area contributed by atoms with Crippen LogP contribution in [0.25, 0.3) is 16.5 Å². The molecule has 0 spiro atoms. The molecule has 0 saturated carbocycles. The zero-order chi connectivity index (χ0) is 26.3. The molecule has 0 aliphatic carbocycles. The number of aromatic nitrogens is 5. The standard InChI is InChI=1S/C29H25N7O2/c1-29(2,24-9-5-6-16-30-24)18-25-32-33-34-36(25)21-13-11-20(12-14-21)35-23-15-10-19-7-3-4-8-22(19)28(23)31-26(37)17-27(35)38/h3-16H,17-18H2,1-2H3,(H,31,37). The van der Waals surface area contributed by atoms with Gasteiger partial charge in [-0.15, -0.1) is 5.10 Å². The fraction of sp³-hybridized carbons (Fsp3) is 0.172. The second-order valence-electron chi connectivity index (χ2n) is 9.93. The molecule has 3 heterocycles. The number of amides is 2. The van der Waals surface area contributed by atoms with E-state index in [9.17, 15) is 9.59 Å². The van der Waals surface area contributed by atoms with Gasteiger partial charge in [-0.1, -0.05) is 50.2 Å². The summed E-state index contributed by atoms with van der Waals surface area (Å²) in [4.78, 5) is 31.9. The molecule has 0 unspecified atom stereocenters. The topological polar surface area (TPSA) is 106 Å². The van der Waals surface area contributed by atoms with Gasteiger partial charge in [0.05, 0.1) is 17.1 Å². The first-order chi connectivity index (χ1) is 18.4. The lowest BCUT2D eigenvalue weighted by Crippen LogP contribution is -2.26. The number of fused-ring (bicyclic) bond motifs is 3. The maximum atomic E-state index is 13.2. The van der Waals surface area contributed by atoms with Crippen LogP contribution in [0.2, 0.25) is 0 Å². The fourth-order valence-electron chi connectivity index (χ4n) is 4.90. The molecule has 1 aliphatic rings. The summed E-state index contributed by atoms with van der Waals surface area (Å²) in [5, 5.41) is 17.2. The van der Waals surface area contributed by atoms with Gasteiger partial charge in [0, 0.05) is 34.8 Å². The summed E-state index contributed by atoms with van der Waals surface area (Å²) in [6, 6.07) is 24.9. The average Bonchev–Trinajstić information content (AvgIpc) is 3.32. The Morgan fingerprint density at radius 1 is 0.895 bits per heavy atom. The van der Waals surface area contributed by atoms with Crippen molar-refractivity contribution in [1.82, 2.24) is 25.2 Å². The Labute approximate surface area is 219 Å². The van der Waals surface area contributed by atoms with Crippen LogP contribution < -0.4 is 10.2 Å². The van der Waals surface area contributed by atoms with E-state index in [4.69, 9.17) is 0 Å². The number of rotatable bonds is 5. The van der Waals surface area contributed by atoms with Gasteiger partial charge in [0.25, 0.3) is 0 Å². The van der Waals surface area contributed by atoms with Crippen molar-refractivity contribution in [1.29, 1.82) is 0 Å². The second-order valence-corrected chi connectivity index (χ2v) is 9.93. The molecule has 2 amide bonds. The van der Waals surface area contributed by atoms with Crippen LogP contribution in [0.5, 0.6) is 0 Å². The van der Waals surface area contributed by atoms with E-state index in [-0.39, 0.29) is 23.7 Å². The molecule has 1 N–H and O–H groups in total. The van der Waals surface area contributed by atoms with Crippen LogP contribution in [-0.2, 0) is 21.4 Å². The monoisotopic (exact) mass is 503 g/mol. The van der Waals surface area contributed by atoms with E-state index in [0.29, 0.717) is 29.3 Å². The Hall–Kier alpha value is -4.92. The predicted molar refractivity (Wildman–Crippen MR) is 144 cm³/mol. The summed E-state index contributed by atoms with van der Waals surface area (Å²) >= 11 is 0. The van der Waals surface area contributed by atoms with Gasteiger partial charge in [0.1, 0.15) is 6.42 Å². The van der Waals surface area contributed by atoms with Gasteiger partial charge in [0.15, 0.2) is 5.82 Å². The number of anilines is 3. The molecule has 9 heteroatoms. The zero-order valence-electron chi connectivity index (χ0n) is 21.0. The van der Waals surface area contributed by atoms with E-state index < -0.39 is 0 Å². The molecule has 3 aromatic carbocycles. The molecule has 6 rings (SSSR count). The Morgan fingerprint density at radius 3 is 2.45 bits per heavy atom. The lowest BCUT2D eigenvalue weighted by molar-refractivity contribution is -0.124. The van der Waals surface area contributed by atoms with Gasteiger partial charge >= 0.3 is 0 Å². The van der Waals surface area contributed by atoms with Gasteiger partial charge in [-0.25, -0.2) is 0 Å². The molecular formula is C29H25N7O2. The highest BCUT2D eigenvalue weighted by Crippen LogP contribution is 2.40. The molecule has 0 fully saturated rings. The van der Waals surface area contributed by atoms with Crippen LogP contribution in [0.1, 0.15) is 31.8 Å². The van der Waals surface area contributed by atoms with E-state index in [2.05, 4.69) is 39.7 Å². The van der Waals surface area contributed by atoms with E-state index in [0.717, 1.165) is 22.2 Å². The van der Waals surface area contributed by atoms with Crippen molar-refractivity contribution in [3.8, 4) is 5.69 Å². The minimum absolute atomic E-state index is 0.246. The zero-order valence-corrected chi connectivity index (χ0v) is 21.0. The third-order valence-corrected chi connectivity index (χ3v) is 6.82. The molecule has 38 heavy (non-hydrogen) atoms. The number of nitrogens with one attached hydrogen (secondary N) is 1. The second kappa shape index (κ2) is 9.19. The highest BCUT2D eigenvalue weighted by molar-refractivity contribution is 6.21. The fourth-order valence-corrected chi connectivity index (χ4v) is 4.90.